The Bertz CT molecular complexity index is 399. The van der Waals surface area contributed by atoms with Crippen molar-refractivity contribution in [2.45, 2.75) is 67.2 Å². The van der Waals surface area contributed by atoms with E-state index < -0.39 is 0 Å². The third-order valence-electron chi connectivity index (χ3n) is 3.62. The molecule has 0 radical (unpaired) electrons. The van der Waals surface area contributed by atoms with Gasteiger partial charge in [0.1, 0.15) is 0 Å². The van der Waals surface area contributed by atoms with E-state index in [-0.39, 0.29) is 59.8 Å². The van der Waals surface area contributed by atoms with E-state index in [1.165, 1.54) is 35.1 Å². The van der Waals surface area contributed by atoms with Crippen LogP contribution in [0.15, 0.2) is 34.4 Å². The number of hydrogen-bond acceptors (Lipinski definition) is 0. The van der Waals surface area contributed by atoms with Crippen LogP contribution in [-0.4, -0.2) is 0 Å². The molecule has 0 saturated heterocycles. The number of allylic oxidation sites excluding steroid dienone is 8. The molecule has 0 spiro atoms. The Hall–Kier alpha value is 0.790. The van der Waals surface area contributed by atoms with Gasteiger partial charge in [0.2, 0.25) is 0 Å². The molecule has 2 rings (SSSR count). The summed E-state index contributed by atoms with van der Waals surface area (Å²) < 4.78 is 0. The maximum absolute atomic E-state index is 3.36. The summed E-state index contributed by atoms with van der Waals surface area (Å²) in [4.78, 5) is 0. The van der Waals surface area contributed by atoms with E-state index in [4.69, 9.17) is 0 Å². The maximum atomic E-state index is 3.36. The third-order valence-corrected chi connectivity index (χ3v) is 3.62. The molecule has 128 valence electrons. The smallest absolute Gasteiger partial charge is 1.00 e. The molecule has 0 aromatic carbocycles. The summed E-state index contributed by atoms with van der Waals surface area (Å²) >= 11 is 0. The van der Waals surface area contributed by atoms with Crippen molar-refractivity contribution in [2.75, 3.05) is 0 Å². The van der Waals surface area contributed by atoms with Gasteiger partial charge in [-0.15, -0.1) is 26.7 Å². The number of rotatable bonds is 4. The van der Waals surface area contributed by atoms with Crippen molar-refractivity contribution in [3.05, 3.63) is 46.6 Å². The first-order valence-corrected chi connectivity index (χ1v) is 7.93. The number of hydrogen-bond donors (Lipinski definition) is 0. The van der Waals surface area contributed by atoms with Gasteiger partial charge in [0.15, 0.2) is 0 Å². The van der Waals surface area contributed by atoms with Crippen LogP contribution in [0.2, 0.25) is 0 Å². The fourth-order valence-corrected chi connectivity index (χ4v) is 2.46. The summed E-state index contributed by atoms with van der Waals surface area (Å²) in [5.74, 6) is 1.54. The Morgan fingerprint density at radius 2 is 1.09 bits per heavy atom. The van der Waals surface area contributed by atoms with E-state index in [0.29, 0.717) is 0 Å². The van der Waals surface area contributed by atoms with E-state index in [0.717, 1.165) is 24.7 Å². The Morgan fingerprint density at radius 1 is 0.783 bits per heavy atom. The van der Waals surface area contributed by atoms with Gasteiger partial charge in [0.25, 0.3) is 0 Å². The quantitative estimate of drug-likeness (QED) is 0.317. The van der Waals surface area contributed by atoms with Gasteiger partial charge < -0.3 is 34.0 Å². The number of halogens is 2. The molecule has 0 aromatic rings. The Morgan fingerprint density at radius 3 is 1.26 bits per heavy atom. The predicted molar refractivity (Wildman–Crippen MR) is 89.2 cm³/mol. The molecular formula is C20H30Br2Hf. The molecule has 2 aliphatic rings. The van der Waals surface area contributed by atoms with Crippen LogP contribution in [-0.2, 0) is 25.8 Å². The van der Waals surface area contributed by atoms with Crippen LogP contribution in [0.1, 0.15) is 67.2 Å². The topological polar surface area (TPSA) is 0 Å². The monoisotopic (exact) mass is 608 g/mol. The van der Waals surface area contributed by atoms with Gasteiger partial charge in [-0.3, -0.25) is 12.2 Å². The first-order valence-electron chi connectivity index (χ1n) is 7.93. The molecule has 0 aliphatic heterocycles. The molecule has 0 fully saturated rings. The van der Waals surface area contributed by atoms with Crippen LogP contribution in [0, 0.1) is 24.0 Å². The third kappa shape index (κ3) is 11.9. The molecule has 0 saturated carbocycles. The Balaban J connectivity index is -0.000000308. The van der Waals surface area contributed by atoms with Crippen LogP contribution < -0.4 is 34.0 Å². The molecule has 0 nitrogen and oxygen atoms in total. The normalized spacial score (nSPS) is 15.3. The molecule has 23 heavy (non-hydrogen) atoms. The molecular weight excluding hydrogens is 579 g/mol. The molecule has 0 heterocycles. The largest absolute Gasteiger partial charge is 4.00 e. The van der Waals surface area contributed by atoms with Gasteiger partial charge >= 0.3 is 25.8 Å². The minimum atomic E-state index is 0. The van der Waals surface area contributed by atoms with Gasteiger partial charge in [-0.1, -0.05) is 40.5 Å². The fourth-order valence-electron chi connectivity index (χ4n) is 2.46. The van der Waals surface area contributed by atoms with Gasteiger partial charge in [-0.25, -0.2) is 22.3 Å². The standard InChI is InChI=1S/2C10H15.2BrH.Hf/c2*1-8(2)7-10-6-4-5-9(10)3;;;/h2*5,8H,4,7H2,1-3H3;2*1H;/q2*-1;;;+4/p-2. The van der Waals surface area contributed by atoms with Crippen LogP contribution in [0.3, 0.4) is 0 Å². The van der Waals surface area contributed by atoms with Crippen molar-refractivity contribution >= 4 is 0 Å². The summed E-state index contributed by atoms with van der Waals surface area (Å²) in [5.41, 5.74) is 5.76. The summed E-state index contributed by atoms with van der Waals surface area (Å²) in [6.45, 7) is 13.4. The van der Waals surface area contributed by atoms with Crippen molar-refractivity contribution < 1.29 is 59.8 Å². The van der Waals surface area contributed by atoms with E-state index >= 15 is 0 Å². The van der Waals surface area contributed by atoms with Crippen LogP contribution in [0.25, 0.3) is 0 Å². The van der Waals surface area contributed by atoms with Crippen LogP contribution >= 0.6 is 0 Å². The predicted octanol–water partition coefficient (Wildman–Crippen LogP) is 0.230. The average Bonchev–Trinajstić information content (AvgIpc) is 2.90. The Kier molecular flexibility index (Phi) is 18.7. The maximum Gasteiger partial charge on any atom is 4.00 e. The van der Waals surface area contributed by atoms with Gasteiger partial charge in [-0.05, 0) is 11.8 Å². The van der Waals surface area contributed by atoms with Crippen molar-refractivity contribution in [2.24, 2.45) is 11.8 Å². The fraction of sp³-hybridized carbons (Fsp3) is 0.600. The molecule has 3 heteroatoms. The molecule has 0 atom stereocenters. The van der Waals surface area contributed by atoms with Crippen molar-refractivity contribution in [3.63, 3.8) is 0 Å². The summed E-state index contributed by atoms with van der Waals surface area (Å²) in [5, 5.41) is 0. The molecule has 0 bridgehead atoms. The van der Waals surface area contributed by atoms with Crippen molar-refractivity contribution in [1.82, 2.24) is 0 Å². The van der Waals surface area contributed by atoms with Gasteiger partial charge in [-0.2, -0.15) is 12.2 Å². The Labute approximate surface area is 184 Å². The summed E-state index contributed by atoms with van der Waals surface area (Å²) in [6, 6.07) is 0. The van der Waals surface area contributed by atoms with E-state index in [9.17, 15) is 0 Å². The molecule has 0 unspecified atom stereocenters. The summed E-state index contributed by atoms with van der Waals surface area (Å²) in [7, 11) is 0. The van der Waals surface area contributed by atoms with E-state index in [2.05, 4.69) is 65.8 Å². The minimum Gasteiger partial charge on any atom is -1.00 e. The van der Waals surface area contributed by atoms with E-state index in [1.54, 1.807) is 0 Å². The summed E-state index contributed by atoms with van der Waals surface area (Å²) in [6.07, 6.45) is 15.7. The van der Waals surface area contributed by atoms with Gasteiger partial charge in [0.05, 0.1) is 0 Å². The zero-order valence-electron chi connectivity index (χ0n) is 15.4. The minimum absolute atomic E-state index is 0. The second kappa shape index (κ2) is 15.1. The zero-order chi connectivity index (χ0) is 15.1. The molecule has 0 amide bonds. The SMILES string of the molecule is CC1=CC[C-]=C1CC(C)C.CC1=CC[C-]=C1CC(C)C.[Br-].[Br-].[Hf+4]. The van der Waals surface area contributed by atoms with Crippen molar-refractivity contribution in [1.29, 1.82) is 0 Å². The van der Waals surface area contributed by atoms with Crippen molar-refractivity contribution in [3.8, 4) is 0 Å². The zero-order valence-corrected chi connectivity index (χ0v) is 22.2. The van der Waals surface area contributed by atoms with Crippen LogP contribution in [0.5, 0.6) is 0 Å². The molecule has 0 aromatic heterocycles. The first kappa shape index (κ1) is 28.6. The first-order chi connectivity index (χ1) is 9.40. The average molecular weight is 609 g/mol. The second-order valence-corrected chi connectivity index (χ2v) is 6.69. The van der Waals surface area contributed by atoms with Gasteiger partial charge in [0, 0.05) is 0 Å². The molecule has 0 N–H and O–H groups in total. The molecule has 2 aliphatic carbocycles. The van der Waals surface area contributed by atoms with E-state index in [1.807, 2.05) is 0 Å². The van der Waals surface area contributed by atoms with Crippen LogP contribution in [0.4, 0.5) is 0 Å². The second-order valence-electron chi connectivity index (χ2n) is 6.69.